The number of ketones is 1. The van der Waals surface area contributed by atoms with E-state index in [4.69, 9.17) is 9.47 Å². The molecular weight excluding hydrogens is 608 g/mol. The van der Waals surface area contributed by atoms with Crippen molar-refractivity contribution >= 4 is 35.2 Å². The number of benzene rings is 3. The predicted octanol–water partition coefficient (Wildman–Crippen LogP) is 8.00. The number of hydrogen-bond acceptors (Lipinski definition) is 7. The van der Waals surface area contributed by atoms with Crippen molar-refractivity contribution in [2.45, 2.75) is 89.7 Å². The van der Waals surface area contributed by atoms with Gasteiger partial charge in [-0.1, -0.05) is 126 Å². The fourth-order valence-electron chi connectivity index (χ4n) is 5.97. The maximum Gasteiger partial charge on any atom is 0.338 e. The summed E-state index contributed by atoms with van der Waals surface area (Å²) in [5.74, 6) is -4.21. The smallest absolute Gasteiger partial charge is 0.338 e. The highest BCUT2D eigenvalue weighted by atomic mass is 16.5. The molecule has 9 heteroatoms. The quantitative estimate of drug-likeness (QED) is 0.0431. The average Bonchev–Trinajstić information content (AvgIpc) is 3.37. The van der Waals surface area contributed by atoms with Crippen LogP contribution in [0.15, 0.2) is 78.9 Å². The minimum absolute atomic E-state index is 0.0514. The Hall–Kier alpha value is -4.63. The molecule has 254 valence electrons. The molecule has 1 atom stereocenters. The Labute approximate surface area is 283 Å². The zero-order valence-corrected chi connectivity index (χ0v) is 28.0. The molecule has 0 fully saturated rings. The summed E-state index contributed by atoms with van der Waals surface area (Å²) >= 11 is 0. The number of carbonyl (C=O) groups excluding carboxylic acids is 5. The van der Waals surface area contributed by atoms with Crippen molar-refractivity contribution in [2.24, 2.45) is 0 Å². The molecule has 0 saturated heterocycles. The van der Waals surface area contributed by atoms with Crippen molar-refractivity contribution < 1.29 is 33.4 Å². The number of imide groups is 1. The number of carbonyl (C=O) groups is 5. The van der Waals surface area contributed by atoms with E-state index in [0.29, 0.717) is 4.90 Å². The first-order valence-electron chi connectivity index (χ1n) is 17.1. The van der Waals surface area contributed by atoms with Crippen molar-refractivity contribution in [1.29, 1.82) is 0 Å². The maximum atomic E-state index is 14.1. The third-order valence-corrected chi connectivity index (χ3v) is 8.64. The minimum Gasteiger partial charge on any atom is -0.462 e. The molecule has 3 amide bonds. The van der Waals surface area contributed by atoms with Gasteiger partial charge < -0.3 is 14.8 Å². The van der Waals surface area contributed by atoms with E-state index in [9.17, 15) is 24.0 Å². The highest BCUT2D eigenvalue weighted by molar-refractivity contribution is 6.30. The van der Waals surface area contributed by atoms with Gasteiger partial charge in [0.15, 0.2) is 0 Å². The van der Waals surface area contributed by atoms with E-state index in [1.165, 1.54) is 94.2 Å². The summed E-state index contributed by atoms with van der Waals surface area (Å²) in [4.78, 5) is 68.6. The van der Waals surface area contributed by atoms with Gasteiger partial charge in [-0.05, 0) is 36.8 Å². The molecule has 0 bridgehead atoms. The van der Waals surface area contributed by atoms with Crippen LogP contribution in [-0.4, -0.2) is 53.8 Å². The van der Waals surface area contributed by atoms with Crippen LogP contribution in [0, 0.1) is 0 Å². The summed E-state index contributed by atoms with van der Waals surface area (Å²) in [6, 6.07) is 20.0. The Morgan fingerprint density at radius 3 is 1.75 bits per heavy atom. The number of nitrogens with zero attached hydrogens (tertiary/aromatic N) is 1. The monoisotopic (exact) mass is 654 g/mol. The van der Waals surface area contributed by atoms with E-state index >= 15 is 0 Å². The first-order valence-corrected chi connectivity index (χ1v) is 17.1. The van der Waals surface area contributed by atoms with Crippen molar-refractivity contribution in [1.82, 2.24) is 4.90 Å². The predicted molar refractivity (Wildman–Crippen MR) is 184 cm³/mol. The van der Waals surface area contributed by atoms with E-state index < -0.39 is 35.2 Å². The van der Waals surface area contributed by atoms with Crippen LogP contribution in [0.3, 0.4) is 0 Å². The van der Waals surface area contributed by atoms with Crippen LogP contribution in [0.2, 0.25) is 0 Å². The Kier molecular flexibility index (Phi) is 13.6. The van der Waals surface area contributed by atoms with Gasteiger partial charge in [0.05, 0.1) is 23.3 Å². The van der Waals surface area contributed by atoms with Crippen molar-refractivity contribution in [2.75, 3.05) is 19.0 Å². The maximum absolute atomic E-state index is 14.1. The number of nitrogens with one attached hydrogen (secondary N) is 1. The topological polar surface area (TPSA) is 119 Å². The van der Waals surface area contributed by atoms with Crippen LogP contribution in [-0.2, 0) is 14.3 Å². The second-order valence-corrected chi connectivity index (χ2v) is 12.1. The molecule has 4 rings (SSSR count). The third kappa shape index (κ3) is 8.63. The van der Waals surface area contributed by atoms with Crippen LogP contribution in [0.4, 0.5) is 5.69 Å². The Bertz CT molecular complexity index is 1540. The van der Waals surface area contributed by atoms with Crippen molar-refractivity contribution in [3.8, 4) is 0 Å². The zero-order valence-electron chi connectivity index (χ0n) is 28.0. The number of fused-ring (bicyclic) bond motifs is 1. The molecule has 0 aliphatic carbocycles. The first kappa shape index (κ1) is 36.2. The summed E-state index contributed by atoms with van der Waals surface area (Å²) in [5, 5.41) is 2.60. The molecule has 1 unspecified atom stereocenters. The summed E-state index contributed by atoms with van der Waals surface area (Å²) in [6.45, 7) is 2.52. The molecule has 3 aromatic rings. The van der Waals surface area contributed by atoms with E-state index in [-0.39, 0.29) is 34.5 Å². The van der Waals surface area contributed by atoms with Gasteiger partial charge in [0, 0.05) is 18.4 Å². The lowest BCUT2D eigenvalue weighted by atomic mass is 9.97. The molecule has 0 aromatic heterocycles. The fraction of sp³-hybridized carbons (Fsp3) is 0.410. The van der Waals surface area contributed by atoms with Gasteiger partial charge in [0.1, 0.15) is 0 Å². The SMILES string of the molecule is CCCCCCCCCCCCCCOC(=O)c1cccc(NC(=O)C(OC)(C(=O)c2ccccc2)N2C(=O)c3ccccc3C2=O)c1. The van der Waals surface area contributed by atoms with Crippen LogP contribution in [0.1, 0.15) is 125 Å². The summed E-state index contributed by atoms with van der Waals surface area (Å²) in [6.07, 6.45) is 14.5. The van der Waals surface area contributed by atoms with Crippen molar-refractivity contribution in [3.05, 3.63) is 101 Å². The van der Waals surface area contributed by atoms with Crippen LogP contribution >= 0.6 is 0 Å². The largest absolute Gasteiger partial charge is 0.462 e. The molecule has 48 heavy (non-hydrogen) atoms. The lowest BCUT2D eigenvalue weighted by Gasteiger charge is -2.36. The number of rotatable bonds is 20. The molecular formula is C39H46N2O7. The summed E-state index contributed by atoms with van der Waals surface area (Å²) in [7, 11) is 1.09. The lowest BCUT2D eigenvalue weighted by Crippen LogP contribution is -2.65. The summed E-state index contributed by atoms with van der Waals surface area (Å²) in [5.41, 5.74) is -2.17. The molecule has 3 aromatic carbocycles. The van der Waals surface area contributed by atoms with Gasteiger partial charge in [-0.15, -0.1) is 0 Å². The molecule has 0 spiro atoms. The number of esters is 1. The normalized spacial score (nSPS) is 13.6. The van der Waals surface area contributed by atoms with Crippen LogP contribution < -0.4 is 5.32 Å². The number of ether oxygens (including phenoxy) is 2. The van der Waals surface area contributed by atoms with Crippen LogP contribution in [0.5, 0.6) is 0 Å². The number of Topliss-reactive ketones (excluding diaryl/α,β-unsaturated/α-hetero) is 1. The number of unbranched alkanes of at least 4 members (excludes halogenated alkanes) is 11. The van der Waals surface area contributed by atoms with E-state index in [1.807, 2.05) is 0 Å². The molecule has 1 N–H and O–H groups in total. The van der Waals surface area contributed by atoms with E-state index in [1.54, 1.807) is 42.5 Å². The van der Waals surface area contributed by atoms with Gasteiger partial charge in [-0.3, -0.25) is 19.2 Å². The van der Waals surface area contributed by atoms with Gasteiger partial charge in [-0.25, -0.2) is 9.69 Å². The van der Waals surface area contributed by atoms with Crippen molar-refractivity contribution in [3.63, 3.8) is 0 Å². The molecule has 0 saturated carbocycles. The van der Waals surface area contributed by atoms with Gasteiger partial charge >= 0.3 is 5.97 Å². The van der Waals surface area contributed by atoms with E-state index in [0.717, 1.165) is 26.4 Å². The first-order chi connectivity index (χ1) is 23.3. The molecule has 1 aliphatic rings. The third-order valence-electron chi connectivity index (χ3n) is 8.64. The van der Waals surface area contributed by atoms with Gasteiger partial charge in [0.2, 0.25) is 5.78 Å². The zero-order chi connectivity index (χ0) is 34.4. The minimum atomic E-state index is -2.68. The number of methoxy groups -OCH3 is 1. The molecule has 0 radical (unpaired) electrons. The number of anilines is 1. The second-order valence-electron chi connectivity index (χ2n) is 12.1. The standard InChI is InChI=1S/C39H46N2O7/c1-3-4-5-6-7-8-9-10-11-12-13-19-27-48-37(45)30-23-20-24-31(28-30)40-38(46)39(47-2,34(42)29-21-15-14-16-22-29)41-35(43)32-25-17-18-26-33(32)36(41)44/h14-18,20-26,28H,3-13,19,27H2,1-2H3,(H,40,46). The lowest BCUT2D eigenvalue weighted by molar-refractivity contribution is -0.144. The number of hydrogen-bond donors (Lipinski definition) is 1. The molecule has 1 heterocycles. The molecule has 1 aliphatic heterocycles. The summed E-state index contributed by atoms with van der Waals surface area (Å²) < 4.78 is 11.1. The number of amides is 3. The average molecular weight is 655 g/mol. The van der Waals surface area contributed by atoms with Gasteiger partial charge in [-0.2, -0.15) is 0 Å². The highest BCUT2D eigenvalue weighted by Crippen LogP contribution is 2.34. The second kappa shape index (κ2) is 18.1. The Morgan fingerprint density at radius 2 is 1.19 bits per heavy atom. The Balaban J connectivity index is 1.37. The Morgan fingerprint density at radius 1 is 0.667 bits per heavy atom. The van der Waals surface area contributed by atoms with E-state index in [2.05, 4.69) is 12.2 Å². The fourth-order valence-corrected chi connectivity index (χ4v) is 5.97. The van der Waals surface area contributed by atoms with Gasteiger partial charge in [0.25, 0.3) is 23.4 Å². The highest BCUT2D eigenvalue weighted by Gasteiger charge is 2.59. The molecule has 9 nitrogen and oxygen atoms in total. The van der Waals surface area contributed by atoms with Crippen LogP contribution in [0.25, 0.3) is 0 Å².